The number of hydrogen-bond donors (Lipinski definition) is 4. The molecule has 0 bridgehead atoms. The first kappa shape index (κ1) is 19.2. The number of carbonyl (C=O) groups excluding carboxylic acids is 1. The Kier molecular flexibility index (Phi) is 6.37. The molecule has 8 heteroatoms. The molecule has 0 radical (unpaired) electrons. The van der Waals surface area contributed by atoms with Gasteiger partial charge in [-0.25, -0.2) is 14.4 Å². The SMILES string of the molecule is CC(C)(C)OC(=O)NCC1CNCC12CCC2.O=C(O)C(=O)O. The number of carboxylic acids is 2. The molecule has 1 saturated carbocycles. The zero-order valence-corrected chi connectivity index (χ0v) is 13.8. The summed E-state index contributed by atoms with van der Waals surface area (Å²) in [6.45, 7) is 8.54. The molecule has 1 atom stereocenters. The molecule has 1 aliphatic carbocycles. The summed E-state index contributed by atoms with van der Waals surface area (Å²) in [6.07, 6.45) is 3.66. The van der Waals surface area contributed by atoms with Crippen LogP contribution in [0.3, 0.4) is 0 Å². The molecule has 0 aromatic heterocycles. The van der Waals surface area contributed by atoms with Gasteiger partial charge in [-0.2, -0.15) is 0 Å². The fourth-order valence-corrected chi connectivity index (χ4v) is 2.88. The number of amides is 1. The van der Waals surface area contributed by atoms with Crippen molar-refractivity contribution < 1.29 is 29.3 Å². The lowest BCUT2D eigenvalue weighted by atomic mass is 9.63. The lowest BCUT2D eigenvalue weighted by Gasteiger charge is -2.42. The zero-order chi connectivity index (χ0) is 17.7. The smallest absolute Gasteiger partial charge is 0.414 e. The lowest BCUT2D eigenvalue weighted by molar-refractivity contribution is -0.159. The second-order valence-corrected chi connectivity index (χ2v) is 7.04. The standard InChI is InChI=1S/C13H24N2O2.C2H2O4/c1-12(2,3)17-11(16)15-8-10-7-14-9-13(10)5-4-6-13;3-1(4)2(5)6/h10,14H,4-9H2,1-3H3,(H,15,16);(H,3,4)(H,5,6). The van der Waals surface area contributed by atoms with Gasteiger partial charge < -0.3 is 25.6 Å². The van der Waals surface area contributed by atoms with Gasteiger partial charge in [0.05, 0.1) is 0 Å². The van der Waals surface area contributed by atoms with Crippen molar-refractivity contribution >= 4 is 18.0 Å². The van der Waals surface area contributed by atoms with Gasteiger partial charge in [-0.3, -0.25) is 0 Å². The van der Waals surface area contributed by atoms with Gasteiger partial charge in [0.1, 0.15) is 5.60 Å². The van der Waals surface area contributed by atoms with Crippen LogP contribution in [0.4, 0.5) is 4.79 Å². The van der Waals surface area contributed by atoms with E-state index >= 15 is 0 Å². The highest BCUT2D eigenvalue weighted by atomic mass is 16.6. The molecule has 1 aliphatic heterocycles. The fraction of sp³-hybridized carbons (Fsp3) is 0.800. The van der Waals surface area contributed by atoms with Crippen LogP contribution < -0.4 is 10.6 Å². The number of carbonyl (C=O) groups is 3. The van der Waals surface area contributed by atoms with E-state index in [1.165, 1.54) is 19.3 Å². The summed E-state index contributed by atoms with van der Waals surface area (Å²) < 4.78 is 5.25. The molecule has 23 heavy (non-hydrogen) atoms. The molecule has 1 spiro atoms. The third-order valence-electron chi connectivity index (χ3n) is 4.16. The van der Waals surface area contributed by atoms with Crippen LogP contribution in [0.1, 0.15) is 40.0 Å². The second-order valence-electron chi connectivity index (χ2n) is 7.04. The molecule has 1 heterocycles. The van der Waals surface area contributed by atoms with Gasteiger partial charge in [-0.05, 0) is 44.9 Å². The van der Waals surface area contributed by atoms with E-state index in [-0.39, 0.29) is 6.09 Å². The lowest BCUT2D eigenvalue weighted by Crippen LogP contribution is -2.43. The Balaban J connectivity index is 0.000000379. The maximum atomic E-state index is 11.6. The van der Waals surface area contributed by atoms with Gasteiger partial charge >= 0.3 is 18.0 Å². The van der Waals surface area contributed by atoms with E-state index in [0.717, 1.165) is 19.6 Å². The topological polar surface area (TPSA) is 125 Å². The van der Waals surface area contributed by atoms with E-state index in [2.05, 4.69) is 10.6 Å². The number of alkyl carbamates (subject to hydrolysis) is 1. The normalized spacial score (nSPS) is 21.6. The molecular formula is C15H26N2O6. The Morgan fingerprint density at radius 2 is 1.78 bits per heavy atom. The second kappa shape index (κ2) is 7.63. The maximum absolute atomic E-state index is 11.6. The largest absolute Gasteiger partial charge is 0.473 e. The van der Waals surface area contributed by atoms with Crippen molar-refractivity contribution in [1.82, 2.24) is 10.6 Å². The number of nitrogens with one attached hydrogen (secondary N) is 2. The summed E-state index contributed by atoms with van der Waals surface area (Å²) in [7, 11) is 0. The Labute approximate surface area is 135 Å². The third kappa shape index (κ3) is 6.05. The molecule has 2 rings (SSSR count). The van der Waals surface area contributed by atoms with Crippen molar-refractivity contribution in [3.05, 3.63) is 0 Å². The first-order valence-corrected chi connectivity index (χ1v) is 7.69. The Bertz CT molecular complexity index is 441. The van der Waals surface area contributed by atoms with E-state index in [9.17, 15) is 4.79 Å². The van der Waals surface area contributed by atoms with Gasteiger partial charge in [0.2, 0.25) is 0 Å². The third-order valence-corrected chi connectivity index (χ3v) is 4.16. The Morgan fingerprint density at radius 1 is 1.22 bits per heavy atom. The van der Waals surface area contributed by atoms with Crippen molar-refractivity contribution in [2.45, 2.75) is 45.6 Å². The van der Waals surface area contributed by atoms with Crippen molar-refractivity contribution in [1.29, 1.82) is 0 Å². The minimum absolute atomic E-state index is 0.293. The summed E-state index contributed by atoms with van der Waals surface area (Å²) in [4.78, 5) is 29.8. The Morgan fingerprint density at radius 3 is 2.17 bits per heavy atom. The fourth-order valence-electron chi connectivity index (χ4n) is 2.88. The molecule has 132 valence electrons. The van der Waals surface area contributed by atoms with Crippen LogP contribution in [0, 0.1) is 11.3 Å². The van der Waals surface area contributed by atoms with Crippen LogP contribution in [0.25, 0.3) is 0 Å². The minimum atomic E-state index is -1.82. The van der Waals surface area contributed by atoms with Crippen LogP contribution in [0.2, 0.25) is 0 Å². The number of ether oxygens (including phenoxy) is 1. The average Bonchev–Trinajstić information content (AvgIpc) is 2.78. The quantitative estimate of drug-likeness (QED) is 0.558. The van der Waals surface area contributed by atoms with E-state index in [0.29, 0.717) is 11.3 Å². The van der Waals surface area contributed by atoms with E-state index in [1.54, 1.807) is 0 Å². The summed E-state index contributed by atoms with van der Waals surface area (Å²) >= 11 is 0. The molecule has 0 aromatic carbocycles. The predicted molar refractivity (Wildman–Crippen MR) is 82.2 cm³/mol. The van der Waals surface area contributed by atoms with Crippen LogP contribution in [0.15, 0.2) is 0 Å². The molecule has 1 saturated heterocycles. The van der Waals surface area contributed by atoms with E-state index < -0.39 is 17.5 Å². The summed E-state index contributed by atoms with van der Waals surface area (Å²) in [5.74, 6) is -3.08. The molecule has 8 nitrogen and oxygen atoms in total. The van der Waals surface area contributed by atoms with Crippen LogP contribution >= 0.6 is 0 Å². The Hall–Kier alpha value is -1.83. The first-order valence-electron chi connectivity index (χ1n) is 7.69. The first-order chi connectivity index (χ1) is 10.6. The zero-order valence-electron chi connectivity index (χ0n) is 13.8. The van der Waals surface area contributed by atoms with Gasteiger partial charge in [-0.15, -0.1) is 0 Å². The van der Waals surface area contributed by atoms with Gasteiger partial charge in [0.25, 0.3) is 0 Å². The van der Waals surface area contributed by atoms with Gasteiger partial charge in [0.15, 0.2) is 0 Å². The van der Waals surface area contributed by atoms with Crippen molar-refractivity contribution in [3.63, 3.8) is 0 Å². The summed E-state index contributed by atoms with van der Waals surface area (Å²) in [6, 6.07) is 0. The maximum Gasteiger partial charge on any atom is 0.414 e. The number of aliphatic carboxylic acids is 2. The average molecular weight is 330 g/mol. The number of carboxylic acid groups (broad SMARTS) is 2. The minimum Gasteiger partial charge on any atom is -0.473 e. The highest BCUT2D eigenvalue weighted by Gasteiger charge is 2.46. The highest BCUT2D eigenvalue weighted by Crippen LogP contribution is 2.48. The monoisotopic (exact) mass is 330 g/mol. The summed E-state index contributed by atoms with van der Waals surface area (Å²) in [5.41, 5.74) is 0.0567. The predicted octanol–water partition coefficient (Wildman–Crippen LogP) is 1.06. The molecule has 4 N–H and O–H groups in total. The van der Waals surface area contributed by atoms with Crippen molar-refractivity contribution in [2.24, 2.45) is 11.3 Å². The number of hydrogen-bond acceptors (Lipinski definition) is 5. The van der Waals surface area contributed by atoms with Gasteiger partial charge in [0, 0.05) is 19.6 Å². The van der Waals surface area contributed by atoms with Crippen molar-refractivity contribution in [3.8, 4) is 0 Å². The van der Waals surface area contributed by atoms with Crippen LogP contribution in [-0.4, -0.2) is 53.5 Å². The highest BCUT2D eigenvalue weighted by molar-refractivity contribution is 6.27. The molecule has 2 aliphatic rings. The van der Waals surface area contributed by atoms with Gasteiger partial charge in [-0.1, -0.05) is 6.42 Å². The van der Waals surface area contributed by atoms with E-state index in [1.807, 2.05) is 20.8 Å². The molecule has 0 aromatic rings. The molecular weight excluding hydrogens is 304 g/mol. The van der Waals surface area contributed by atoms with Crippen LogP contribution in [-0.2, 0) is 14.3 Å². The van der Waals surface area contributed by atoms with Crippen LogP contribution in [0.5, 0.6) is 0 Å². The molecule has 2 fully saturated rings. The molecule has 1 unspecified atom stereocenters. The van der Waals surface area contributed by atoms with E-state index in [4.69, 9.17) is 24.5 Å². The summed E-state index contributed by atoms with van der Waals surface area (Å²) in [5, 5.41) is 21.1. The van der Waals surface area contributed by atoms with Crippen molar-refractivity contribution in [2.75, 3.05) is 19.6 Å². The molecule has 1 amide bonds. The number of rotatable bonds is 2.